The second-order valence-electron chi connectivity index (χ2n) is 3.81. The average molecular weight is 253 g/mol. The first-order valence-electron chi connectivity index (χ1n) is 5.35. The molecule has 1 atom stereocenters. The normalized spacial score (nSPS) is 12.6. The molecule has 1 nitrogen and oxygen atoms in total. The van der Waals surface area contributed by atoms with Crippen LogP contribution in [-0.2, 0) is 6.42 Å². The number of hydrogen-bond acceptors (Lipinski definition) is 2. The molecule has 1 unspecified atom stereocenters. The third-order valence-corrected chi connectivity index (χ3v) is 3.64. The highest BCUT2D eigenvalue weighted by molar-refractivity contribution is 7.10. The lowest BCUT2D eigenvalue weighted by molar-refractivity contribution is 0.505. The number of benzene rings is 1. The highest BCUT2D eigenvalue weighted by Gasteiger charge is 2.12. The summed E-state index contributed by atoms with van der Waals surface area (Å²) >= 11 is 1.65. The zero-order valence-corrected chi connectivity index (χ0v) is 10.2. The van der Waals surface area contributed by atoms with Crippen molar-refractivity contribution >= 4 is 11.3 Å². The Morgan fingerprint density at radius 2 is 2.06 bits per heavy atom. The lowest BCUT2D eigenvalue weighted by atomic mass is 10.0. The Labute approximate surface area is 103 Å². The minimum absolute atomic E-state index is 0.139. The summed E-state index contributed by atoms with van der Waals surface area (Å²) in [5, 5.41) is 5.19. The molecule has 0 aliphatic carbocycles. The Bertz CT molecular complexity index is 482. The smallest absolute Gasteiger partial charge is 0.159 e. The fourth-order valence-corrected chi connectivity index (χ4v) is 2.57. The predicted molar refractivity (Wildman–Crippen MR) is 66.2 cm³/mol. The molecule has 0 radical (unpaired) electrons. The highest BCUT2D eigenvalue weighted by Crippen LogP contribution is 2.23. The highest BCUT2D eigenvalue weighted by atomic mass is 32.1. The maximum Gasteiger partial charge on any atom is 0.159 e. The second kappa shape index (κ2) is 5.38. The number of rotatable bonds is 4. The predicted octanol–water partition coefficient (Wildman–Crippen LogP) is 3.53. The monoisotopic (exact) mass is 253 g/mol. The van der Waals surface area contributed by atoms with E-state index in [0.717, 1.165) is 5.56 Å². The number of thiophene rings is 1. The van der Waals surface area contributed by atoms with Crippen molar-refractivity contribution in [3.05, 3.63) is 57.8 Å². The van der Waals surface area contributed by atoms with Crippen LogP contribution in [0.25, 0.3) is 0 Å². The Kier molecular flexibility index (Phi) is 3.86. The molecule has 0 saturated heterocycles. The van der Waals surface area contributed by atoms with Crippen molar-refractivity contribution in [2.45, 2.75) is 12.5 Å². The summed E-state index contributed by atoms with van der Waals surface area (Å²) < 4.78 is 25.9. The number of halogens is 2. The Balaban J connectivity index is 2.16. The van der Waals surface area contributed by atoms with E-state index in [4.69, 9.17) is 0 Å². The van der Waals surface area contributed by atoms with Gasteiger partial charge in [-0.05, 0) is 42.6 Å². The van der Waals surface area contributed by atoms with Crippen molar-refractivity contribution in [3.8, 4) is 0 Å². The van der Waals surface area contributed by atoms with Gasteiger partial charge in [0.15, 0.2) is 11.6 Å². The number of likely N-dealkylation sites (N-methyl/N-ethyl adjacent to an activating group) is 1. The molecule has 0 spiro atoms. The van der Waals surface area contributed by atoms with Gasteiger partial charge in [-0.2, -0.15) is 0 Å². The minimum Gasteiger partial charge on any atom is -0.312 e. The van der Waals surface area contributed by atoms with Crippen molar-refractivity contribution in [1.82, 2.24) is 5.32 Å². The van der Waals surface area contributed by atoms with Crippen LogP contribution >= 0.6 is 11.3 Å². The summed E-state index contributed by atoms with van der Waals surface area (Å²) in [4.78, 5) is 1.19. The quantitative estimate of drug-likeness (QED) is 0.879. The first-order valence-corrected chi connectivity index (χ1v) is 6.23. The number of hydrogen-bond donors (Lipinski definition) is 1. The molecule has 0 saturated carbocycles. The van der Waals surface area contributed by atoms with E-state index >= 15 is 0 Å². The first-order chi connectivity index (χ1) is 8.20. The molecule has 2 rings (SSSR count). The van der Waals surface area contributed by atoms with Crippen LogP contribution in [0.4, 0.5) is 8.78 Å². The van der Waals surface area contributed by atoms with Gasteiger partial charge in [-0.25, -0.2) is 8.78 Å². The molecule has 0 amide bonds. The molecule has 1 aromatic heterocycles. The molecule has 0 bridgehead atoms. The topological polar surface area (TPSA) is 12.0 Å². The average Bonchev–Trinajstić information content (AvgIpc) is 2.84. The SMILES string of the molecule is CNC(Cc1ccc(F)c(F)c1)c1cccs1. The van der Waals surface area contributed by atoms with Gasteiger partial charge in [-0.15, -0.1) is 11.3 Å². The molecule has 90 valence electrons. The number of nitrogens with one attached hydrogen (secondary N) is 1. The van der Waals surface area contributed by atoms with Crippen LogP contribution in [0.1, 0.15) is 16.5 Å². The Morgan fingerprint density at radius 1 is 1.24 bits per heavy atom. The molecule has 1 N–H and O–H groups in total. The summed E-state index contributed by atoms with van der Waals surface area (Å²) in [5.41, 5.74) is 0.789. The summed E-state index contributed by atoms with van der Waals surface area (Å²) in [7, 11) is 1.87. The maximum absolute atomic E-state index is 13.1. The van der Waals surface area contributed by atoms with Crippen LogP contribution in [0.15, 0.2) is 35.7 Å². The van der Waals surface area contributed by atoms with Crippen molar-refractivity contribution in [3.63, 3.8) is 0 Å². The Morgan fingerprint density at radius 3 is 2.65 bits per heavy atom. The standard InChI is InChI=1S/C13H13F2NS/c1-16-12(13-3-2-6-17-13)8-9-4-5-10(14)11(15)7-9/h2-7,12,16H,8H2,1H3. The summed E-state index contributed by atoms with van der Waals surface area (Å²) in [6, 6.07) is 8.20. The molecule has 0 fully saturated rings. The summed E-state index contributed by atoms with van der Waals surface area (Å²) in [6.07, 6.45) is 0.647. The molecular formula is C13H13F2NS. The van der Waals surface area contributed by atoms with E-state index in [-0.39, 0.29) is 6.04 Å². The van der Waals surface area contributed by atoms with Gasteiger partial charge in [0.2, 0.25) is 0 Å². The van der Waals surface area contributed by atoms with E-state index in [1.165, 1.54) is 17.0 Å². The van der Waals surface area contributed by atoms with Gasteiger partial charge in [-0.3, -0.25) is 0 Å². The van der Waals surface area contributed by atoms with Crippen molar-refractivity contribution in [2.24, 2.45) is 0 Å². The zero-order chi connectivity index (χ0) is 12.3. The van der Waals surface area contributed by atoms with E-state index < -0.39 is 11.6 Å². The van der Waals surface area contributed by atoms with Gasteiger partial charge in [0.05, 0.1) is 0 Å². The van der Waals surface area contributed by atoms with Crippen molar-refractivity contribution in [2.75, 3.05) is 7.05 Å². The van der Waals surface area contributed by atoms with Gasteiger partial charge in [0, 0.05) is 10.9 Å². The van der Waals surface area contributed by atoms with E-state index in [1.807, 2.05) is 24.6 Å². The maximum atomic E-state index is 13.1. The second-order valence-corrected chi connectivity index (χ2v) is 4.79. The van der Waals surface area contributed by atoms with Crippen LogP contribution in [0.2, 0.25) is 0 Å². The van der Waals surface area contributed by atoms with Gasteiger partial charge in [0.1, 0.15) is 0 Å². The largest absolute Gasteiger partial charge is 0.312 e. The minimum atomic E-state index is -0.800. The van der Waals surface area contributed by atoms with Crippen molar-refractivity contribution in [1.29, 1.82) is 0 Å². The van der Waals surface area contributed by atoms with Crippen LogP contribution in [-0.4, -0.2) is 7.05 Å². The van der Waals surface area contributed by atoms with Gasteiger partial charge >= 0.3 is 0 Å². The van der Waals surface area contributed by atoms with Crippen LogP contribution in [0, 0.1) is 11.6 Å². The van der Waals surface area contributed by atoms with Gasteiger partial charge < -0.3 is 5.32 Å². The van der Waals surface area contributed by atoms with E-state index in [0.29, 0.717) is 6.42 Å². The van der Waals surface area contributed by atoms with E-state index in [2.05, 4.69) is 5.32 Å². The van der Waals surface area contributed by atoms with E-state index in [1.54, 1.807) is 17.4 Å². The van der Waals surface area contributed by atoms with Crippen LogP contribution < -0.4 is 5.32 Å². The first kappa shape index (κ1) is 12.2. The van der Waals surface area contributed by atoms with Crippen LogP contribution in [0.5, 0.6) is 0 Å². The molecular weight excluding hydrogens is 240 g/mol. The lowest BCUT2D eigenvalue weighted by Gasteiger charge is -2.14. The third kappa shape index (κ3) is 2.90. The fourth-order valence-electron chi connectivity index (χ4n) is 1.74. The Hall–Kier alpha value is -1.26. The summed E-state index contributed by atoms with van der Waals surface area (Å²) in [5.74, 6) is -1.59. The summed E-state index contributed by atoms with van der Waals surface area (Å²) in [6.45, 7) is 0. The molecule has 0 aliphatic heterocycles. The third-order valence-electron chi connectivity index (χ3n) is 2.66. The molecule has 2 aromatic rings. The van der Waals surface area contributed by atoms with Crippen LogP contribution in [0.3, 0.4) is 0 Å². The molecule has 17 heavy (non-hydrogen) atoms. The fraction of sp³-hybridized carbons (Fsp3) is 0.231. The van der Waals surface area contributed by atoms with Crippen molar-refractivity contribution < 1.29 is 8.78 Å². The molecule has 0 aliphatic rings. The van der Waals surface area contributed by atoms with Gasteiger partial charge in [0.25, 0.3) is 0 Å². The molecule has 1 heterocycles. The van der Waals surface area contributed by atoms with E-state index in [9.17, 15) is 8.78 Å². The molecule has 1 aromatic carbocycles. The lowest BCUT2D eigenvalue weighted by Crippen LogP contribution is -2.17. The molecule has 4 heteroatoms. The van der Waals surface area contributed by atoms with Gasteiger partial charge in [-0.1, -0.05) is 12.1 Å². The zero-order valence-electron chi connectivity index (χ0n) is 9.41.